The third-order valence-electron chi connectivity index (χ3n) is 4.19. The molecule has 0 saturated heterocycles. The van der Waals surface area contributed by atoms with Crippen molar-refractivity contribution in [3.63, 3.8) is 0 Å². The number of aromatic carboxylic acids is 1. The van der Waals surface area contributed by atoms with Crippen molar-refractivity contribution in [2.24, 2.45) is 0 Å². The first-order chi connectivity index (χ1) is 14.2. The molecule has 3 N–H and O–H groups in total. The van der Waals surface area contributed by atoms with Gasteiger partial charge in [0, 0.05) is 10.7 Å². The van der Waals surface area contributed by atoms with Crippen LogP contribution in [0.3, 0.4) is 0 Å². The maximum absolute atomic E-state index is 12.8. The van der Waals surface area contributed by atoms with Gasteiger partial charge in [-0.15, -0.1) is 0 Å². The molecule has 0 aliphatic carbocycles. The van der Waals surface area contributed by atoms with Crippen LogP contribution in [-0.4, -0.2) is 25.4 Å². The highest BCUT2D eigenvalue weighted by atomic mass is 35.5. The van der Waals surface area contributed by atoms with E-state index in [9.17, 15) is 18.0 Å². The van der Waals surface area contributed by atoms with Crippen molar-refractivity contribution in [3.05, 3.63) is 88.4 Å². The Morgan fingerprint density at radius 2 is 1.57 bits per heavy atom. The molecule has 0 aromatic heterocycles. The number of hydrogen-bond acceptors (Lipinski definition) is 4. The fraction of sp³-hybridized carbons (Fsp3) is 0.0476. The standard InChI is InChI=1S/C21H17ClN2O5S/c1-13-2-9-17(10-3-13)30(28,29)24-19-11-6-15(22)12-18(19)20(25)23-16-7-4-14(5-8-16)21(26)27/h2-12,24H,1H3,(H,23,25)(H,26,27). The molecule has 0 bridgehead atoms. The van der Waals surface area contributed by atoms with Gasteiger partial charge >= 0.3 is 5.97 Å². The van der Waals surface area contributed by atoms with Gasteiger partial charge in [-0.3, -0.25) is 9.52 Å². The lowest BCUT2D eigenvalue weighted by atomic mass is 10.1. The van der Waals surface area contributed by atoms with E-state index < -0.39 is 21.9 Å². The predicted octanol–water partition coefficient (Wildman–Crippen LogP) is 4.40. The molecule has 0 unspecified atom stereocenters. The number of carboxylic acids is 1. The van der Waals surface area contributed by atoms with Crippen LogP contribution >= 0.6 is 11.6 Å². The molecule has 3 aromatic carbocycles. The van der Waals surface area contributed by atoms with E-state index in [1.165, 1.54) is 54.6 Å². The van der Waals surface area contributed by atoms with Crippen molar-refractivity contribution in [3.8, 4) is 0 Å². The first-order valence-electron chi connectivity index (χ1n) is 8.69. The number of carbonyl (C=O) groups excluding carboxylic acids is 1. The molecule has 0 heterocycles. The summed E-state index contributed by atoms with van der Waals surface area (Å²) in [6.45, 7) is 1.84. The molecule has 3 aromatic rings. The van der Waals surface area contributed by atoms with E-state index in [4.69, 9.17) is 16.7 Å². The molecule has 30 heavy (non-hydrogen) atoms. The quantitative estimate of drug-likeness (QED) is 0.521. The minimum absolute atomic E-state index is 0.0143. The van der Waals surface area contributed by atoms with E-state index in [-0.39, 0.29) is 26.7 Å². The van der Waals surface area contributed by atoms with Crippen molar-refractivity contribution < 1.29 is 23.1 Å². The number of benzene rings is 3. The predicted molar refractivity (Wildman–Crippen MR) is 115 cm³/mol. The Morgan fingerprint density at radius 1 is 0.933 bits per heavy atom. The van der Waals surface area contributed by atoms with E-state index >= 15 is 0 Å². The molecule has 1 amide bonds. The van der Waals surface area contributed by atoms with E-state index in [1.54, 1.807) is 12.1 Å². The molecule has 154 valence electrons. The molecule has 7 nitrogen and oxygen atoms in total. The fourth-order valence-corrected chi connectivity index (χ4v) is 3.86. The number of anilines is 2. The van der Waals surface area contributed by atoms with Gasteiger partial charge in [-0.25, -0.2) is 13.2 Å². The van der Waals surface area contributed by atoms with Crippen LogP contribution in [-0.2, 0) is 10.0 Å². The van der Waals surface area contributed by atoms with Crippen molar-refractivity contribution >= 4 is 44.9 Å². The summed E-state index contributed by atoms with van der Waals surface area (Å²) < 4.78 is 27.8. The second kappa shape index (κ2) is 8.56. The average molecular weight is 445 g/mol. The third kappa shape index (κ3) is 4.97. The summed E-state index contributed by atoms with van der Waals surface area (Å²) in [4.78, 5) is 23.7. The Bertz CT molecular complexity index is 1210. The van der Waals surface area contributed by atoms with E-state index in [0.717, 1.165) is 5.56 Å². The molecular weight excluding hydrogens is 428 g/mol. The zero-order chi connectivity index (χ0) is 21.9. The van der Waals surface area contributed by atoms with Crippen molar-refractivity contribution in [1.29, 1.82) is 0 Å². The summed E-state index contributed by atoms with van der Waals surface area (Å²) in [5, 5.41) is 11.8. The van der Waals surface area contributed by atoms with Crippen molar-refractivity contribution in [1.82, 2.24) is 0 Å². The Hall–Kier alpha value is -3.36. The molecule has 0 spiro atoms. The van der Waals surface area contributed by atoms with Crippen LogP contribution in [0.5, 0.6) is 0 Å². The van der Waals surface area contributed by atoms with Crippen molar-refractivity contribution in [2.45, 2.75) is 11.8 Å². The normalized spacial score (nSPS) is 11.0. The van der Waals surface area contributed by atoms with Crippen LogP contribution in [0.15, 0.2) is 71.6 Å². The SMILES string of the molecule is Cc1ccc(S(=O)(=O)Nc2ccc(Cl)cc2C(=O)Nc2ccc(C(=O)O)cc2)cc1. The van der Waals surface area contributed by atoms with Crippen LogP contribution in [0.2, 0.25) is 5.02 Å². The number of carbonyl (C=O) groups is 2. The van der Waals surface area contributed by atoms with Gasteiger partial charge in [0.1, 0.15) is 0 Å². The molecular formula is C21H17ClN2O5S. The smallest absolute Gasteiger partial charge is 0.335 e. The Labute approximate surface area is 178 Å². The van der Waals surface area contributed by atoms with Gasteiger partial charge in [0.05, 0.1) is 21.7 Å². The number of amides is 1. The van der Waals surface area contributed by atoms with E-state index in [2.05, 4.69) is 10.0 Å². The minimum Gasteiger partial charge on any atom is -0.478 e. The summed E-state index contributed by atoms with van der Waals surface area (Å²) in [6, 6.07) is 16.0. The molecule has 3 rings (SSSR count). The van der Waals surface area contributed by atoms with Gasteiger partial charge in [0.15, 0.2) is 0 Å². The van der Waals surface area contributed by atoms with Gasteiger partial charge in [-0.2, -0.15) is 0 Å². The lowest BCUT2D eigenvalue weighted by molar-refractivity contribution is 0.0696. The van der Waals surface area contributed by atoms with Crippen molar-refractivity contribution in [2.75, 3.05) is 10.0 Å². The van der Waals surface area contributed by atoms with E-state index in [0.29, 0.717) is 5.69 Å². The highest BCUT2D eigenvalue weighted by molar-refractivity contribution is 7.92. The lowest BCUT2D eigenvalue weighted by Crippen LogP contribution is -2.18. The lowest BCUT2D eigenvalue weighted by Gasteiger charge is -2.14. The Kier molecular flexibility index (Phi) is 6.09. The molecule has 9 heteroatoms. The minimum atomic E-state index is -3.93. The molecule has 0 aliphatic heterocycles. The second-order valence-electron chi connectivity index (χ2n) is 6.45. The summed E-state index contributed by atoms with van der Waals surface area (Å²) in [5.74, 6) is -1.70. The van der Waals surface area contributed by atoms with Gasteiger partial charge < -0.3 is 10.4 Å². The Balaban J connectivity index is 1.88. The zero-order valence-corrected chi connectivity index (χ0v) is 17.3. The molecule has 0 saturated carbocycles. The highest BCUT2D eigenvalue weighted by Crippen LogP contribution is 2.25. The summed E-state index contributed by atoms with van der Waals surface area (Å²) >= 11 is 6.00. The van der Waals surface area contributed by atoms with Gasteiger partial charge in [-0.1, -0.05) is 29.3 Å². The topological polar surface area (TPSA) is 113 Å². The van der Waals surface area contributed by atoms with Gasteiger partial charge in [0.2, 0.25) is 0 Å². The first kappa shape index (κ1) is 21.4. The maximum Gasteiger partial charge on any atom is 0.335 e. The van der Waals surface area contributed by atoms with Crippen LogP contribution in [0, 0.1) is 6.92 Å². The maximum atomic E-state index is 12.8. The highest BCUT2D eigenvalue weighted by Gasteiger charge is 2.19. The number of rotatable bonds is 6. The van der Waals surface area contributed by atoms with Crippen LogP contribution in [0.4, 0.5) is 11.4 Å². The van der Waals surface area contributed by atoms with Crippen LogP contribution in [0.25, 0.3) is 0 Å². The van der Waals surface area contributed by atoms with Crippen LogP contribution in [0.1, 0.15) is 26.3 Å². The molecule has 0 radical (unpaired) electrons. The molecule has 0 fully saturated rings. The molecule has 0 aliphatic rings. The molecule has 0 atom stereocenters. The number of sulfonamides is 1. The average Bonchev–Trinajstić information content (AvgIpc) is 2.70. The fourth-order valence-electron chi connectivity index (χ4n) is 2.61. The number of nitrogens with one attached hydrogen (secondary N) is 2. The number of aryl methyl sites for hydroxylation is 1. The largest absolute Gasteiger partial charge is 0.478 e. The summed E-state index contributed by atoms with van der Waals surface area (Å²) in [6.07, 6.45) is 0. The summed E-state index contributed by atoms with van der Waals surface area (Å²) in [7, 11) is -3.93. The number of hydrogen-bond donors (Lipinski definition) is 3. The van der Waals surface area contributed by atoms with Gasteiger partial charge in [0.25, 0.3) is 15.9 Å². The Morgan fingerprint density at radius 3 is 2.17 bits per heavy atom. The number of halogens is 1. The second-order valence-corrected chi connectivity index (χ2v) is 8.56. The van der Waals surface area contributed by atoms with E-state index in [1.807, 2.05) is 6.92 Å². The van der Waals surface area contributed by atoms with Crippen LogP contribution < -0.4 is 10.0 Å². The monoisotopic (exact) mass is 444 g/mol. The zero-order valence-electron chi connectivity index (χ0n) is 15.7. The third-order valence-corrected chi connectivity index (χ3v) is 5.81. The first-order valence-corrected chi connectivity index (χ1v) is 10.6. The van der Waals surface area contributed by atoms with Gasteiger partial charge in [-0.05, 0) is 61.5 Å². The summed E-state index contributed by atoms with van der Waals surface area (Å²) in [5.41, 5.74) is 1.40. The number of carboxylic acid groups (broad SMARTS) is 1.